The van der Waals surface area contributed by atoms with Gasteiger partial charge < -0.3 is 5.73 Å². The highest BCUT2D eigenvalue weighted by atomic mass is 35.5. The minimum absolute atomic E-state index is 0.0497. The monoisotopic (exact) mass is 315 g/mol. The predicted octanol–water partition coefficient (Wildman–Crippen LogP) is 2.57. The van der Waals surface area contributed by atoms with Gasteiger partial charge in [0, 0.05) is 11.9 Å². The lowest BCUT2D eigenvalue weighted by molar-refractivity contribution is 0.570. The normalized spacial score (nSPS) is 11.3. The molecule has 0 spiro atoms. The van der Waals surface area contributed by atoms with Crippen molar-refractivity contribution in [2.24, 2.45) is 0 Å². The fraction of sp³-hybridized carbons (Fsp3) is 0.0833. The molecular formula is C12H11ClFN3O2S. The highest BCUT2D eigenvalue weighted by Crippen LogP contribution is 2.26. The molecule has 1 aromatic heterocycles. The van der Waals surface area contributed by atoms with Gasteiger partial charge in [0.05, 0.1) is 5.02 Å². The Kier molecular flexibility index (Phi) is 3.82. The highest BCUT2D eigenvalue weighted by molar-refractivity contribution is 7.92. The molecule has 20 heavy (non-hydrogen) atoms. The Morgan fingerprint density at radius 1 is 1.35 bits per heavy atom. The van der Waals surface area contributed by atoms with E-state index in [-0.39, 0.29) is 16.5 Å². The van der Waals surface area contributed by atoms with E-state index in [4.69, 9.17) is 17.3 Å². The SMILES string of the molecule is Cc1ccc(NS(=O)(=O)c2cc(N)cc(Cl)c2F)nc1. The van der Waals surface area contributed by atoms with Gasteiger partial charge in [0.1, 0.15) is 10.7 Å². The number of hydrogen-bond acceptors (Lipinski definition) is 4. The van der Waals surface area contributed by atoms with Crippen LogP contribution in [0.1, 0.15) is 5.56 Å². The highest BCUT2D eigenvalue weighted by Gasteiger charge is 2.22. The van der Waals surface area contributed by atoms with Crippen molar-refractivity contribution in [3.63, 3.8) is 0 Å². The quantitative estimate of drug-likeness (QED) is 0.852. The maximum absolute atomic E-state index is 13.8. The Balaban J connectivity index is 2.43. The number of nitrogens with zero attached hydrogens (tertiary/aromatic N) is 1. The number of benzene rings is 1. The zero-order chi connectivity index (χ0) is 14.9. The lowest BCUT2D eigenvalue weighted by Gasteiger charge is -2.10. The summed E-state index contributed by atoms with van der Waals surface area (Å²) < 4.78 is 40.2. The topological polar surface area (TPSA) is 85.1 Å². The molecule has 0 aliphatic carbocycles. The van der Waals surface area contributed by atoms with Gasteiger partial charge in [-0.25, -0.2) is 17.8 Å². The molecule has 0 fully saturated rings. The lowest BCUT2D eigenvalue weighted by Crippen LogP contribution is -2.16. The molecule has 5 nitrogen and oxygen atoms in total. The van der Waals surface area contributed by atoms with Crippen molar-refractivity contribution < 1.29 is 12.8 Å². The van der Waals surface area contributed by atoms with E-state index >= 15 is 0 Å². The number of pyridine rings is 1. The number of nitrogens with two attached hydrogens (primary N) is 1. The fourth-order valence-electron chi connectivity index (χ4n) is 1.50. The third kappa shape index (κ3) is 3.00. The van der Waals surface area contributed by atoms with Gasteiger partial charge in [-0.05, 0) is 30.7 Å². The summed E-state index contributed by atoms with van der Waals surface area (Å²) in [4.78, 5) is 3.27. The summed E-state index contributed by atoms with van der Waals surface area (Å²) in [6, 6.07) is 5.28. The van der Waals surface area contributed by atoms with Crippen LogP contribution in [0.25, 0.3) is 0 Å². The Morgan fingerprint density at radius 3 is 2.65 bits per heavy atom. The Labute approximate surface area is 120 Å². The molecule has 0 radical (unpaired) electrons. The molecule has 0 bridgehead atoms. The van der Waals surface area contributed by atoms with Crippen LogP contribution >= 0.6 is 11.6 Å². The molecule has 0 atom stereocenters. The van der Waals surface area contributed by atoms with Gasteiger partial charge >= 0.3 is 0 Å². The first-order chi connectivity index (χ1) is 9.29. The van der Waals surface area contributed by atoms with Crippen molar-refractivity contribution in [3.8, 4) is 0 Å². The molecule has 0 saturated heterocycles. The molecule has 0 saturated carbocycles. The summed E-state index contributed by atoms with van der Waals surface area (Å²) in [5.74, 6) is -0.978. The minimum atomic E-state index is -4.15. The molecular weight excluding hydrogens is 305 g/mol. The maximum Gasteiger partial charge on any atom is 0.266 e. The van der Waals surface area contributed by atoms with E-state index in [0.29, 0.717) is 0 Å². The van der Waals surface area contributed by atoms with E-state index in [1.165, 1.54) is 12.3 Å². The van der Waals surface area contributed by atoms with E-state index in [2.05, 4.69) is 9.71 Å². The summed E-state index contributed by atoms with van der Waals surface area (Å²) in [6.07, 6.45) is 1.49. The van der Waals surface area contributed by atoms with Crippen molar-refractivity contribution in [2.45, 2.75) is 11.8 Å². The van der Waals surface area contributed by atoms with Gasteiger partial charge in [0.2, 0.25) is 0 Å². The van der Waals surface area contributed by atoms with Crippen LogP contribution < -0.4 is 10.5 Å². The molecule has 0 unspecified atom stereocenters. The second-order valence-electron chi connectivity index (χ2n) is 4.14. The second-order valence-corrected chi connectivity index (χ2v) is 6.20. The first-order valence-electron chi connectivity index (χ1n) is 5.49. The van der Waals surface area contributed by atoms with Crippen LogP contribution in [0.15, 0.2) is 35.4 Å². The van der Waals surface area contributed by atoms with Crippen LogP contribution in [0.3, 0.4) is 0 Å². The molecule has 106 valence electrons. The minimum Gasteiger partial charge on any atom is -0.399 e. The molecule has 2 rings (SSSR count). The van der Waals surface area contributed by atoms with Crippen molar-refractivity contribution in [3.05, 3.63) is 46.9 Å². The van der Waals surface area contributed by atoms with Crippen LogP contribution in [-0.4, -0.2) is 13.4 Å². The molecule has 3 N–H and O–H groups in total. The van der Waals surface area contributed by atoms with E-state index in [1.807, 2.05) is 6.92 Å². The molecule has 2 aromatic rings. The number of aryl methyl sites for hydroxylation is 1. The average molecular weight is 316 g/mol. The van der Waals surface area contributed by atoms with Crippen LogP contribution in [-0.2, 0) is 10.0 Å². The van der Waals surface area contributed by atoms with Crippen molar-refractivity contribution in [1.29, 1.82) is 0 Å². The van der Waals surface area contributed by atoms with Crippen molar-refractivity contribution in [2.75, 3.05) is 10.5 Å². The van der Waals surface area contributed by atoms with E-state index in [0.717, 1.165) is 17.7 Å². The van der Waals surface area contributed by atoms with E-state index in [9.17, 15) is 12.8 Å². The van der Waals surface area contributed by atoms with E-state index in [1.54, 1.807) is 6.07 Å². The number of hydrogen-bond donors (Lipinski definition) is 2. The summed E-state index contributed by atoms with van der Waals surface area (Å²) in [6.45, 7) is 1.81. The van der Waals surface area contributed by atoms with Crippen LogP contribution in [0.2, 0.25) is 5.02 Å². The average Bonchev–Trinajstić information content (AvgIpc) is 2.36. The van der Waals surface area contributed by atoms with E-state index < -0.39 is 20.7 Å². The van der Waals surface area contributed by atoms with Gasteiger partial charge in [-0.1, -0.05) is 17.7 Å². The molecule has 8 heteroatoms. The number of sulfonamides is 1. The van der Waals surface area contributed by atoms with Gasteiger partial charge in [-0.2, -0.15) is 0 Å². The summed E-state index contributed by atoms with van der Waals surface area (Å²) >= 11 is 5.59. The van der Waals surface area contributed by atoms with Crippen molar-refractivity contribution in [1.82, 2.24) is 4.98 Å². The number of aromatic nitrogens is 1. The molecule has 0 aliphatic rings. The predicted molar refractivity (Wildman–Crippen MR) is 75.6 cm³/mol. The van der Waals surface area contributed by atoms with Crippen LogP contribution in [0.5, 0.6) is 0 Å². The summed E-state index contributed by atoms with van der Waals surface area (Å²) in [7, 11) is -4.15. The van der Waals surface area contributed by atoms with Gasteiger partial charge in [0.25, 0.3) is 10.0 Å². The lowest BCUT2D eigenvalue weighted by atomic mass is 10.3. The van der Waals surface area contributed by atoms with Gasteiger partial charge in [0.15, 0.2) is 5.82 Å². The number of nitrogen functional groups attached to an aromatic ring is 1. The second kappa shape index (κ2) is 5.26. The number of halogens is 2. The standard InChI is InChI=1S/C12H11ClFN3O2S/c1-7-2-3-11(16-6-7)17-20(18,19)10-5-8(15)4-9(13)12(10)14/h2-6H,15H2,1H3,(H,16,17). The Morgan fingerprint density at radius 2 is 2.05 bits per heavy atom. The summed E-state index contributed by atoms with van der Waals surface area (Å²) in [5.41, 5.74) is 6.40. The zero-order valence-corrected chi connectivity index (χ0v) is 12.0. The van der Waals surface area contributed by atoms with Crippen molar-refractivity contribution >= 4 is 33.1 Å². The van der Waals surface area contributed by atoms with Crippen LogP contribution in [0.4, 0.5) is 15.9 Å². The maximum atomic E-state index is 13.8. The molecule has 1 heterocycles. The Hall–Kier alpha value is -1.86. The largest absolute Gasteiger partial charge is 0.399 e. The molecule has 0 aliphatic heterocycles. The number of rotatable bonds is 3. The number of anilines is 2. The van der Waals surface area contributed by atoms with Gasteiger partial charge in [-0.3, -0.25) is 4.72 Å². The Bertz CT molecular complexity index is 748. The third-order valence-electron chi connectivity index (χ3n) is 2.46. The first kappa shape index (κ1) is 14.5. The fourth-order valence-corrected chi connectivity index (χ4v) is 2.93. The molecule has 1 aromatic carbocycles. The number of nitrogens with one attached hydrogen (secondary N) is 1. The smallest absolute Gasteiger partial charge is 0.266 e. The van der Waals surface area contributed by atoms with Crippen LogP contribution in [0, 0.1) is 12.7 Å². The summed E-state index contributed by atoms with van der Waals surface area (Å²) in [5, 5.41) is -0.359. The zero-order valence-electron chi connectivity index (χ0n) is 10.4. The third-order valence-corrected chi connectivity index (χ3v) is 4.09. The first-order valence-corrected chi connectivity index (χ1v) is 7.36. The van der Waals surface area contributed by atoms with Gasteiger partial charge in [-0.15, -0.1) is 0 Å². The molecule has 0 amide bonds.